The molecule has 2 N–H and O–H groups in total. The summed E-state index contributed by atoms with van der Waals surface area (Å²) in [5, 5.41) is 7.08. The van der Waals surface area contributed by atoms with Crippen LogP contribution in [0, 0.1) is 0 Å². The molecule has 86 valence electrons. The van der Waals surface area contributed by atoms with Crippen LogP contribution >= 0.6 is 0 Å². The molecule has 1 heterocycles. The van der Waals surface area contributed by atoms with Crippen LogP contribution < -0.4 is 10.6 Å². The van der Waals surface area contributed by atoms with E-state index in [1.54, 1.807) is 0 Å². The lowest BCUT2D eigenvalue weighted by molar-refractivity contribution is 0.731. The number of benzene rings is 2. The topological polar surface area (TPSA) is 24.1 Å². The molecule has 0 saturated heterocycles. The number of rotatable bonds is 1. The lowest BCUT2D eigenvalue weighted by Gasteiger charge is -2.17. The van der Waals surface area contributed by atoms with Crippen LogP contribution in [-0.2, 0) is 0 Å². The van der Waals surface area contributed by atoms with E-state index in [9.17, 15) is 0 Å². The Morgan fingerprint density at radius 1 is 0.824 bits per heavy atom. The average Bonchev–Trinajstić information content (AvgIpc) is 2.62. The molecule has 2 nitrogen and oxygen atoms in total. The molecule has 2 aromatic carbocycles. The fraction of sp³-hybridized carbons (Fsp3) is 0.200. The van der Waals surface area contributed by atoms with Crippen LogP contribution in [0.2, 0.25) is 0 Å². The second-order valence-corrected chi connectivity index (χ2v) is 4.37. The number of hydrogen-bond acceptors (Lipinski definition) is 2. The summed E-state index contributed by atoms with van der Waals surface area (Å²) >= 11 is 0. The van der Waals surface area contributed by atoms with Gasteiger partial charge < -0.3 is 10.6 Å². The van der Waals surface area contributed by atoms with Gasteiger partial charge in [-0.3, -0.25) is 0 Å². The summed E-state index contributed by atoms with van der Waals surface area (Å²) in [6.07, 6.45) is 1.10. The van der Waals surface area contributed by atoms with E-state index in [-0.39, 0.29) is 0 Å². The fourth-order valence-corrected chi connectivity index (χ4v) is 2.31. The van der Waals surface area contributed by atoms with Gasteiger partial charge in [0, 0.05) is 6.54 Å². The molecule has 3 rings (SSSR count). The molecule has 0 aliphatic carbocycles. The minimum absolute atomic E-state index is 0.396. The Balaban J connectivity index is 1.91. The van der Waals surface area contributed by atoms with Crippen LogP contribution in [0.5, 0.6) is 0 Å². The number of hydrogen-bond donors (Lipinski definition) is 2. The van der Waals surface area contributed by atoms with Crippen molar-refractivity contribution in [2.45, 2.75) is 12.5 Å². The van der Waals surface area contributed by atoms with Gasteiger partial charge in [-0.05, 0) is 24.1 Å². The Kier molecular flexibility index (Phi) is 2.70. The van der Waals surface area contributed by atoms with E-state index in [0.717, 1.165) is 13.0 Å². The zero-order chi connectivity index (χ0) is 11.5. The molecule has 17 heavy (non-hydrogen) atoms. The molecular formula is C15H16N2. The molecule has 0 aromatic heterocycles. The number of anilines is 2. The van der Waals surface area contributed by atoms with Gasteiger partial charge in [-0.1, -0.05) is 42.5 Å². The molecule has 0 saturated carbocycles. The number of para-hydroxylation sites is 2. The molecule has 0 unspecified atom stereocenters. The minimum atomic E-state index is 0.396. The van der Waals surface area contributed by atoms with Crippen molar-refractivity contribution in [3.63, 3.8) is 0 Å². The lowest BCUT2D eigenvalue weighted by Crippen LogP contribution is -2.10. The number of nitrogens with one attached hydrogen (secondary N) is 2. The third-order valence-corrected chi connectivity index (χ3v) is 3.21. The standard InChI is InChI=1S/C15H16N2/c1-2-6-12(7-3-1)13-10-11-16-14-8-4-5-9-15(14)17-13/h1-9,13,16-17H,10-11H2/t13-/m1/s1. The SMILES string of the molecule is c1ccc([C@H]2CCNc3ccccc3N2)cc1. The van der Waals surface area contributed by atoms with Crippen LogP contribution in [0.3, 0.4) is 0 Å². The third kappa shape index (κ3) is 2.11. The Morgan fingerprint density at radius 3 is 2.35 bits per heavy atom. The predicted molar refractivity (Wildman–Crippen MR) is 72.4 cm³/mol. The first kappa shape index (κ1) is 10.2. The van der Waals surface area contributed by atoms with Gasteiger partial charge in [0.15, 0.2) is 0 Å². The molecule has 2 aromatic rings. The molecule has 0 fully saturated rings. The van der Waals surface area contributed by atoms with Gasteiger partial charge in [0.1, 0.15) is 0 Å². The van der Waals surface area contributed by atoms with Crippen molar-refractivity contribution in [2.75, 3.05) is 17.2 Å². The second kappa shape index (κ2) is 4.50. The summed E-state index contributed by atoms with van der Waals surface area (Å²) in [7, 11) is 0. The second-order valence-electron chi connectivity index (χ2n) is 4.37. The van der Waals surface area contributed by atoms with Crippen molar-refractivity contribution in [3.05, 3.63) is 60.2 Å². The summed E-state index contributed by atoms with van der Waals surface area (Å²) in [6.45, 7) is 1.00. The van der Waals surface area contributed by atoms with E-state index >= 15 is 0 Å². The Labute approximate surface area is 102 Å². The monoisotopic (exact) mass is 224 g/mol. The van der Waals surface area contributed by atoms with Crippen molar-refractivity contribution < 1.29 is 0 Å². The van der Waals surface area contributed by atoms with Crippen LogP contribution in [0.1, 0.15) is 18.0 Å². The highest BCUT2D eigenvalue weighted by molar-refractivity contribution is 5.69. The van der Waals surface area contributed by atoms with Gasteiger partial charge in [-0.2, -0.15) is 0 Å². The summed E-state index contributed by atoms with van der Waals surface area (Å²) in [5.74, 6) is 0. The largest absolute Gasteiger partial charge is 0.383 e. The van der Waals surface area contributed by atoms with E-state index in [2.05, 4.69) is 65.2 Å². The molecule has 1 atom stereocenters. The number of fused-ring (bicyclic) bond motifs is 1. The van der Waals surface area contributed by atoms with Gasteiger partial charge in [-0.15, -0.1) is 0 Å². The molecule has 0 radical (unpaired) electrons. The van der Waals surface area contributed by atoms with Gasteiger partial charge in [0.05, 0.1) is 17.4 Å². The maximum atomic E-state index is 3.61. The van der Waals surface area contributed by atoms with E-state index < -0.39 is 0 Å². The quantitative estimate of drug-likeness (QED) is 0.772. The molecular weight excluding hydrogens is 208 g/mol. The maximum absolute atomic E-state index is 3.61. The molecule has 0 bridgehead atoms. The van der Waals surface area contributed by atoms with Gasteiger partial charge >= 0.3 is 0 Å². The average molecular weight is 224 g/mol. The first-order valence-corrected chi connectivity index (χ1v) is 6.08. The Bertz CT molecular complexity index is 493. The van der Waals surface area contributed by atoms with Crippen molar-refractivity contribution in [1.29, 1.82) is 0 Å². The first-order valence-electron chi connectivity index (χ1n) is 6.08. The lowest BCUT2D eigenvalue weighted by atomic mass is 10.0. The smallest absolute Gasteiger partial charge is 0.0580 e. The zero-order valence-electron chi connectivity index (χ0n) is 9.69. The highest BCUT2D eigenvalue weighted by Gasteiger charge is 2.15. The molecule has 2 heteroatoms. The van der Waals surface area contributed by atoms with Crippen LogP contribution in [0.15, 0.2) is 54.6 Å². The van der Waals surface area contributed by atoms with Crippen LogP contribution in [-0.4, -0.2) is 6.54 Å². The molecule has 1 aliphatic rings. The molecule has 1 aliphatic heterocycles. The van der Waals surface area contributed by atoms with Gasteiger partial charge in [0.25, 0.3) is 0 Å². The van der Waals surface area contributed by atoms with Crippen LogP contribution in [0.25, 0.3) is 0 Å². The van der Waals surface area contributed by atoms with E-state index in [0.29, 0.717) is 6.04 Å². The summed E-state index contributed by atoms with van der Waals surface area (Å²) in [5.41, 5.74) is 3.75. The minimum Gasteiger partial charge on any atom is -0.383 e. The summed E-state index contributed by atoms with van der Waals surface area (Å²) in [4.78, 5) is 0. The first-order chi connectivity index (χ1) is 8.43. The van der Waals surface area contributed by atoms with E-state index in [1.165, 1.54) is 16.9 Å². The van der Waals surface area contributed by atoms with Crippen molar-refractivity contribution in [2.24, 2.45) is 0 Å². The van der Waals surface area contributed by atoms with Crippen molar-refractivity contribution in [3.8, 4) is 0 Å². The predicted octanol–water partition coefficient (Wildman–Crippen LogP) is 3.66. The van der Waals surface area contributed by atoms with Crippen molar-refractivity contribution in [1.82, 2.24) is 0 Å². The van der Waals surface area contributed by atoms with Gasteiger partial charge in [0.2, 0.25) is 0 Å². The summed E-state index contributed by atoms with van der Waals surface area (Å²) in [6, 6.07) is 19.4. The fourth-order valence-electron chi connectivity index (χ4n) is 2.31. The molecule has 0 amide bonds. The Hall–Kier alpha value is -1.96. The van der Waals surface area contributed by atoms with E-state index in [1.807, 2.05) is 0 Å². The third-order valence-electron chi connectivity index (χ3n) is 3.21. The molecule has 0 spiro atoms. The highest BCUT2D eigenvalue weighted by atomic mass is 15.0. The Morgan fingerprint density at radius 2 is 1.53 bits per heavy atom. The highest BCUT2D eigenvalue weighted by Crippen LogP contribution is 2.30. The summed E-state index contributed by atoms with van der Waals surface area (Å²) < 4.78 is 0. The maximum Gasteiger partial charge on any atom is 0.0580 e. The normalized spacial score (nSPS) is 18.5. The van der Waals surface area contributed by atoms with E-state index in [4.69, 9.17) is 0 Å². The van der Waals surface area contributed by atoms with Gasteiger partial charge in [-0.25, -0.2) is 0 Å². The van der Waals surface area contributed by atoms with Crippen molar-refractivity contribution >= 4 is 11.4 Å². The zero-order valence-corrected chi connectivity index (χ0v) is 9.69. The van der Waals surface area contributed by atoms with Crippen LogP contribution in [0.4, 0.5) is 11.4 Å².